The van der Waals surface area contributed by atoms with Crippen molar-refractivity contribution >= 4 is 12.0 Å². The third kappa shape index (κ3) is 3.15. The fourth-order valence-corrected chi connectivity index (χ4v) is 4.11. The smallest absolute Gasteiger partial charge is 0.320 e. The SMILES string of the molecule is O=C(O)CN1CCN(C(=O)N2CCC3CCCCC32)CC1. The molecule has 2 saturated heterocycles. The number of carbonyl (C=O) groups excluding carboxylic acids is 1. The number of aliphatic carboxylic acids is 1. The van der Waals surface area contributed by atoms with Gasteiger partial charge < -0.3 is 14.9 Å². The van der Waals surface area contributed by atoms with E-state index in [4.69, 9.17) is 5.11 Å². The predicted octanol–water partition coefficient (Wildman–Crippen LogP) is 1.07. The van der Waals surface area contributed by atoms with Crippen LogP contribution in [0.3, 0.4) is 0 Å². The summed E-state index contributed by atoms with van der Waals surface area (Å²) in [5.41, 5.74) is 0. The first kappa shape index (κ1) is 14.6. The summed E-state index contributed by atoms with van der Waals surface area (Å²) in [4.78, 5) is 29.3. The molecule has 1 N–H and O–H groups in total. The van der Waals surface area contributed by atoms with E-state index in [0.717, 1.165) is 25.3 Å². The predicted molar refractivity (Wildman–Crippen MR) is 78.1 cm³/mol. The lowest BCUT2D eigenvalue weighted by molar-refractivity contribution is -0.138. The largest absolute Gasteiger partial charge is 0.480 e. The molecule has 3 rings (SSSR count). The van der Waals surface area contributed by atoms with Crippen molar-refractivity contribution in [2.24, 2.45) is 5.92 Å². The van der Waals surface area contributed by atoms with E-state index in [1.807, 2.05) is 9.80 Å². The van der Waals surface area contributed by atoms with Crippen LogP contribution in [0, 0.1) is 5.92 Å². The molecule has 2 amide bonds. The molecular formula is C15H25N3O3. The summed E-state index contributed by atoms with van der Waals surface area (Å²) in [6.45, 7) is 3.62. The zero-order chi connectivity index (χ0) is 14.8. The van der Waals surface area contributed by atoms with Crippen molar-refractivity contribution in [2.75, 3.05) is 39.3 Å². The molecular weight excluding hydrogens is 270 g/mol. The molecule has 3 aliphatic rings. The maximum Gasteiger partial charge on any atom is 0.320 e. The number of piperazine rings is 1. The number of fused-ring (bicyclic) bond motifs is 1. The van der Waals surface area contributed by atoms with Gasteiger partial charge in [0.15, 0.2) is 0 Å². The molecule has 6 nitrogen and oxygen atoms in total. The lowest BCUT2D eigenvalue weighted by Gasteiger charge is -2.39. The van der Waals surface area contributed by atoms with Gasteiger partial charge in [-0.2, -0.15) is 0 Å². The van der Waals surface area contributed by atoms with Gasteiger partial charge >= 0.3 is 12.0 Å². The molecule has 2 atom stereocenters. The Labute approximate surface area is 125 Å². The van der Waals surface area contributed by atoms with E-state index in [1.165, 1.54) is 19.3 Å². The highest BCUT2D eigenvalue weighted by Crippen LogP contribution is 2.36. The van der Waals surface area contributed by atoms with Gasteiger partial charge in [-0.25, -0.2) is 4.79 Å². The molecule has 1 aliphatic carbocycles. The fraction of sp³-hybridized carbons (Fsp3) is 0.867. The van der Waals surface area contributed by atoms with Crippen LogP contribution in [0.2, 0.25) is 0 Å². The molecule has 3 fully saturated rings. The number of carbonyl (C=O) groups is 2. The minimum Gasteiger partial charge on any atom is -0.480 e. The number of likely N-dealkylation sites (tertiary alicyclic amines) is 1. The number of nitrogens with zero attached hydrogens (tertiary/aromatic N) is 3. The molecule has 6 heteroatoms. The summed E-state index contributed by atoms with van der Waals surface area (Å²) < 4.78 is 0. The van der Waals surface area contributed by atoms with Crippen LogP contribution in [0.5, 0.6) is 0 Å². The Kier molecular flexibility index (Phi) is 4.33. The van der Waals surface area contributed by atoms with Crippen molar-refractivity contribution in [2.45, 2.75) is 38.1 Å². The van der Waals surface area contributed by atoms with Crippen LogP contribution in [-0.2, 0) is 4.79 Å². The van der Waals surface area contributed by atoms with Crippen molar-refractivity contribution in [1.29, 1.82) is 0 Å². The van der Waals surface area contributed by atoms with Gasteiger partial charge in [0.2, 0.25) is 0 Å². The first-order valence-corrected chi connectivity index (χ1v) is 8.15. The summed E-state index contributed by atoms with van der Waals surface area (Å²) in [7, 11) is 0. The lowest BCUT2D eigenvalue weighted by Crippen LogP contribution is -2.54. The van der Waals surface area contributed by atoms with Crippen LogP contribution in [0.1, 0.15) is 32.1 Å². The average Bonchev–Trinajstić information content (AvgIpc) is 2.90. The number of rotatable bonds is 2. The van der Waals surface area contributed by atoms with Gasteiger partial charge in [-0.1, -0.05) is 12.8 Å². The number of hydrogen-bond acceptors (Lipinski definition) is 3. The summed E-state index contributed by atoms with van der Waals surface area (Å²) in [6, 6.07) is 0.641. The second-order valence-corrected chi connectivity index (χ2v) is 6.53. The molecule has 21 heavy (non-hydrogen) atoms. The standard InChI is InChI=1S/C15H25N3O3/c19-14(20)11-16-7-9-17(10-8-16)15(21)18-6-5-12-3-1-2-4-13(12)18/h12-13H,1-11H2,(H,19,20). The highest BCUT2D eigenvalue weighted by atomic mass is 16.4. The molecule has 0 bridgehead atoms. The van der Waals surface area contributed by atoms with Gasteiger partial charge in [-0.05, 0) is 25.2 Å². The molecule has 118 valence electrons. The third-order valence-electron chi connectivity index (χ3n) is 5.26. The number of carboxylic acids is 1. The third-order valence-corrected chi connectivity index (χ3v) is 5.26. The number of amides is 2. The maximum absolute atomic E-state index is 12.7. The zero-order valence-electron chi connectivity index (χ0n) is 12.5. The Hall–Kier alpha value is -1.30. The van der Waals surface area contributed by atoms with E-state index >= 15 is 0 Å². The van der Waals surface area contributed by atoms with Crippen molar-refractivity contribution in [3.8, 4) is 0 Å². The Morgan fingerprint density at radius 3 is 2.38 bits per heavy atom. The van der Waals surface area contributed by atoms with Crippen LogP contribution in [0.15, 0.2) is 0 Å². The van der Waals surface area contributed by atoms with E-state index in [2.05, 4.69) is 4.90 Å². The van der Waals surface area contributed by atoms with Crippen LogP contribution >= 0.6 is 0 Å². The van der Waals surface area contributed by atoms with Gasteiger partial charge in [-0.3, -0.25) is 9.69 Å². The Morgan fingerprint density at radius 2 is 1.67 bits per heavy atom. The van der Waals surface area contributed by atoms with Crippen molar-refractivity contribution in [1.82, 2.24) is 14.7 Å². The molecule has 2 aliphatic heterocycles. The van der Waals surface area contributed by atoms with E-state index in [-0.39, 0.29) is 12.6 Å². The highest BCUT2D eigenvalue weighted by Gasteiger charge is 2.40. The van der Waals surface area contributed by atoms with E-state index in [0.29, 0.717) is 32.2 Å². The molecule has 2 unspecified atom stereocenters. The van der Waals surface area contributed by atoms with Crippen molar-refractivity contribution in [3.63, 3.8) is 0 Å². The molecule has 0 spiro atoms. The Balaban J connectivity index is 1.53. The molecule has 0 aromatic rings. The van der Waals surface area contributed by atoms with E-state index in [9.17, 15) is 9.59 Å². The van der Waals surface area contributed by atoms with Crippen molar-refractivity contribution < 1.29 is 14.7 Å². The van der Waals surface area contributed by atoms with E-state index < -0.39 is 5.97 Å². The highest BCUT2D eigenvalue weighted by molar-refractivity contribution is 5.75. The van der Waals surface area contributed by atoms with E-state index in [1.54, 1.807) is 0 Å². The second-order valence-electron chi connectivity index (χ2n) is 6.53. The van der Waals surface area contributed by atoms with Gasteiger partial charge in [0.05, 0.1) is 6.54 Å². The quantitative estimate of drug-likeness (QED) is 0.828. The Morgan fingerprint density at radius 1 is 0.952 bits per heavy atom. The zero-order valence-corrected chi connectivity index (χ0v) is 12.5. The van der Waals surface area contributed by atoms with Gasteiger partial charge in [-0.15, -0.1) is 0 Å². The Bertz CT molecular complexity index is 407. The monoisotopic (exact) mass is 295 g/mol. The van der Waals surface area contributed by atoms with Crippen LogP contribution in [-0.4, -0.2) is 77.1 Å². The van der Waals surface area contributed by atoms with Gasteiger partial charge in [0.25, 0.3) is 0 Å². The average molecular weight is 295 g/mol. The number of carboxylic acid groups (broad SMARTS) is 1. The van der Waals surface area contributed by atoms with Gasteiger partial charge in [0, 0.05) is 38.8 Å². The van der Waals surface area contributed by atoms with Crippen LogP contribution < -0.4 is 0 Å². The molecule has 0 radical (unpaired) electrons. The van der Waals surface area contributed by atoms with Crippen LogP contribution in [0.4, 0.5) is 4.79 Å². The maximum atomic E-state index is 12.7. The molecule has 1 saturated carbocycles. The van der Waals surface area contributed by atoms with Crippen LogP contribution in [0.25, 0.3) is 0 Å². The van der Waals surface area contributed by atoms with Crippen molar-refractivity contribution in [3.05, 3.63) is 0 Å². The van der Waals surface area contributed by atoms with Gasteiger partial charge in [0.1, 0.15) is 0 Å². The fourth-order valence-electron chi connectivity index (χ4n) is 4.11. The number of hydrogen-bond donors (Lipinski definition) is 1. The molecule has 2 heterocycles. The summed E-state index contributed by atoms with van der Waals surface area (Å²) in [5.74, 6) is -0.0737. The first-order valence-electron chi connectivity index (χ1n) is 8.15. The first-order chi connectivity index (χ1) is 10.1. The molecule has 0 aromatic carbocycles. The lowest BCUT2D eigenvalue weighted by atomic mass is 9.85. The minimum atomic E-state index is -0.792. The molecule has 0 aromatic heterocycles. The normalized spacial score (nSPS) is 30.3. The summed E-state index contributed by atoms with van der Waals surface area (Å²) in [6.07, 6.45) is 6.17. The second kappa shape index (κ2) is 6.22. The number of urea groups is 1. The summed E-state index contributed by atoms with van der Waals surface area (Å²) in [5, 5.41) is 8.81. The topological polar surface area (TPSA) is 64.1 Å². The summed E-state index contributed by atoms with van der Waals surface area (Å²) >= 11 is 0. The minimum absolute atomic E-state index is 0.0798.